The number of ether oxygens (including phenoxy) is 1. The van der Waals surface area contributed by atoms with Gasteiger partial charge in [-0.15, -0.1) is 0 Å². The standard InChI is InChI=1S/C29H25F5N4O2/c30-24-21(23-10-19(39)9-15-3-1-2-4-20(15)23)7-8-22-25(24)36-27(40-14-16-11-28(31,32)29(16,33)34)37-26(22)38-12-17-5-6-18(13-38)35-17/h1-4,7-10,16-18,35,39H,5-6,11-14H2/t16?,17-,18+. The van der Waals surface area contributed by atoms with Crippen molar-refractivity contribution in [3.63, 3.8) is 0 Å². The van der Waals surface area contributed by atoms with E-state index in [2.05, 4.69) is 15.3 Å². The second-order valence-corrected chi connectivity index (χ2v) is 10.9. The summed E-state index contributed by atoms with van der Waals surface area (Å²) >= 11 is 0. The predicted molar refractivity (Wildman–Crippen MR) is 140 cm³/mol. The summed E-state index contributed by atoms with van der Waals surface area (Å²) in [7, 11) is 0. The number of piperazine rings is 1. The van der Waals surface area contributed by atoms with Gasteiger partial charge in [0.15, 0.2) is 5.82 Å². The van der Waals surface area contributed by atoms with Crippen LogP contribution in [0.25, 0.3) is 32.8 Å². The Morgan fingerprint density at radius 2 is 1.70 bits per heavy atom. The molecule has 11 heteroatoms. The lowest BCUT2D eigenvalue weighted by Crippen LogP contribution is -2.60. The number of phenols is 1. The highest BCUT2D eigenvalue weighted by molar-refractivity contribution is 6.01. The zero-order valence-corrected chi connectivity index (χ0v) is 21.2. The minimum Gasteiger partial charge on any atom is -0.508 e. The lowest BCUT2D eigenvalue weighted by atomic mass is 9.77. The van der Waals surface area contributed by atoms with Crippen molar-refractivity contribution in [2.45, 2.75) is 43.2 Å². The number of nitrogens with zero attached hydrogens (tertiary/aromatic N) is 3. The number of anilines is 1. The van der Waals surface area contributed by atoms with Gasteiger partial charge < -0.3 is 20.1 Å². The molecule has 6 nitrogen and oxygen atoms in total. The molecule has 1 aromatic heterocycles. The molecule has 2 aliphatic heterocycles. The first-order chi connectivity index (χ1) is 19.1. The van der Waals surface area contributed by atoms with Crippen molar-refractivity contribution in [2.75, 3.05) is 24.6 Å². The largest absolute Gasteiger partial charge is 0.508 e. The van der Waals surface area contributed by atoms with Crippen LogP contribution < -0.4 is 15.0 Å². The van der Waals surface area contributed by atoms with Crippen molar-refractivity contribution in [2.24, 2.45) is 5.92 Å². The van der Waals surface area contributed by atoms with E-state index in [-0.39, 0.29) is 34.9 Å². The molecule has 3 aromatic carbocycles. The molecule has 2 bridgehead atoms. The van der Waals surface area contributed by atoms with E-state index < -0.39 is 36.6 Å². The van der Waals surface area contributed by atoms with E-state index in [1.54, 1.807) is 18.2 Å². The Morgan fingerprint density at radius 1 is 0.950 bits per heavy atom. The van der Waals surface area contributed by atoms with Crippen LogP contribution in [0.2, 0.25) is 0 Å². The molecule has 1 aliphatic carbocycles. The molecule has 1 unspecified atom stereocenters. The molecule has 4 aromatic rings. The Morgan fingerprint density at radius 3 is 2.42 bits per heavy atom. The number of nitrogens with one attached hydrogen (secondary N) is 1. The summed E-state index contributed by atoms with van der Waals surface area (Å²) in [6, 6.07) is 13.7. The monoisotopic (exact) mass is 556 g/mol. The second-order valence-electron chi connectivity index (χ2n) is 10.9. The molecule has 3 aliphatic rings. The van der Waals surface area contributed by atoms with Crippen LogP contribution in [0.5, 0.6) is 11.8 Å². The van der Waals surface area contributed by atoms with E-state index in [0.29, 0.717) is 29.9 Å². The van der Waals surface area contributed by atoms with E-state index in [4.69, 9.17) is 4.74 Å². The molecule has 7 rings (SSSR count). The molecule has 3 atom stereocenters. The first-order valence-corrected chi connectivity index (χ1v) is 13.2. The Kier molecular flexibility index (Phi) is 5.61. The SMILES string of the molecule is Oc1cc(-c2ccc3c(N4C[C@H]5CC[C@@H](C4)N5)nc(OCC4CC(F)(F)C4(F)F)nc3c2F)c2ccccc2c1. The topological polar surface area (TPSA) is 70.5 Å². The van der Waals surface area contributed by atoms with Crippen LogP contribution in [0.3, 0.4) is 0 Å². The third kappa shape index (κ3) is 3.93. The minimum absolute atomic E-state index is 0.0323. The number of aromatic hydroxyl groups is 1. The fraction of sp³-hybridized carbons (Fsp3) is 0.379. The van der Waals surface area contributed by atoms with Crippen LogP contribution in [0, 0.1) is 11.7 Å². The molecule has 3 fully saturated rings. The normalized spacial score (nSPS) is 24.8. The third-order valence-corrected chi connectivity index (χ3v) is 8.34. The number of halogens is 5. The van der Waals surface area contributed by atoms with Gasteiger partial charge in [-0.2, -0.15) is 27.5 Å². The van der Waals surface area contributed by atoms with Crippen molar-refractivity contribution in [3.05, 3.63) is 54.3 Å². The molecular weight excluding hydrogens is 531 g/mol. The van der Waals surface area contributed by atoms with Crippen LogP contribution in [0.1, 0.15) is 19.3 Å². The molecule has 3 heterocycles. The van der Waals surface area contributed by atoms with Crippen LogP contribution in [-0.4, -0.2) is 58.7 Å². The van der Waals surface area contributed by atoms with Gasteiger partial charge in [0.1, 0.15) is 23.7 Å². The molecule has 0 radical (unpaired) electrons. The number of aromatic nitrogens is 2. The zero-order valence-electron chi connectivity index (χ0n) is 21.2. The molecule has 1 saturated carbocycles. The van der Waals surface area contributed by atoms with Crippen molar-refractivity contribution in [1.29, 1.82) is 0 Å². The smallest absolute Gasteiger partial charge is 0.319 e. The molecular formula is C29H25F5N4O2. The summed E-state index contributed by atoms with van der Waals surface area (Å²) in [6.45, 7) is 0.490. The van der Waals surface area contributed by atoms with E-state index in [1.807, 2.05) is 29.2 Å². The van der Waals surface area contributed by atoms with Gasteiger partial charge in [-0.3, -0.25) is 0 Å². The van der Waals surface area contributed by atoms with Gasteiger partial charge in [0.05, 0.1) is 5.92 Å². The number of alkyl halides is 4. The second kappa shape index (κ2) is 8.89. The van der Waals surface area contributed by atoms with Gasteiger partial charge >= 0.3 is 17.9 Å². The minimum atomic E-state index is -4.20. The van der Waals surface area contributed by atoms with Crippen LogP contribution in [0.15, 0.2) is 48.5 Å². The highest BCUT2D eigenvalue weighted by Crippen LogP contribution is 2.55. The van der Waals surface area contributed by atoms with Gasteiger partial charge in [-0.05, 0) is 47.4 Å². The number of benzene rings is 3. The quantitative estimate of drug-likeness (QED) is 0.298. The average Bonchev–Trinajstić information content (AvgIpc) is 3.27. The maximum Gasteiger partial charge on any atom is 0.319 e. The molecule has 0 amide bonds. The summed E-state index contributed by atoms with van der Waals surface area (Å²) in [5, 5.41) is 15.7. The predicted octanol–water partition coefficient (Wildman–Crippen LogP) is 5.90. The Bertz CT molecular complexity index is 1640. The average molecular weight is 557 g/mol. The number of fused-ring (bicyclic) bond motifs is 4. The van der Waals surface area contributed by atoms with Crippen molar-refractivity contribution < 1.29 is 31.8 Å². The van der Waals surface area contributed by atoms with Crippen LogP contribution in [0.4, 0.5) is 27.8 Å². The number of hydrogen-bond acceptors (Lipinski definition) is 6. The Labute approximate surface area is 225 Å². The highest BCUT2D eigenvalue weighted by Gasteiger charge is 2.71. The Balaban J connectivity index is 1.33. The van der Waals surface area contributed by atoms with E-state index in [0.717, 1.165) is 23.6 Å². The highest BCUT2D eigenvalue weighted by atomic mass is 19.3. The van der Waals surface area contributed by atoms with Gasteiger partial charge in [-0.25, -0.2) is 4.39 Å². The lowest BCUT2D eigenvalue weighted by molar-refractivity contribution is -0.317. The van der Waals surface area contributed by atoms with Crippen molar-refractivity contribution in [1.82, 2.24) is 15.3 Å². The summed E-state index contributed by atoms with van der Waals surface area (Å²) in [6.07, 6.45) is 0.966. The van der Waals surface area contributed by atoms with Crippen molar-refractivity contribution in [3.8, 4) is 22.9 Å². The summed E-state index contributed by atoms with van der Waals surface area (Å²) in [5.74, 6) is -10.3. The van der Waals surface area contributed by atoms with Crippen LogP contribution in [-0.2, 0) is 0 Å². The first-order valence-electron chi connectivity index (χ1n) is 13.2. The van der Waals surface area contributed by atoms with Gasteiger partial charge in [0.25, 0.3) is 0 Å². The van der Waals surface area contributed by atoms with E-state index in [1.165, 1.54) is 6.07 Å². The fourth-order valence-corrected chi connectivity index (χ4v) is 6.21. The maximum atomic E-state index is 16.3. The molecule has 0 spiro atoms. The molecule has 2 saturated heterocycles. The van der Waals surface area contributed by atoms with Crippen molar-refractivity contribution >= 4 is 27.5 Å². The van der Waals surface area contributed by atoms with Gasteiger partial charge in [0, 0.05) is 42.5 Å². The number of rotatable bonds is 5. The molecule has 208 valence electrons. The van der Waals surface area contributed by atoms with Crippen LogP contribution >= 0.6 is 0 Å². The van der Waals surface area contributed by atoms with E-state index in [9.17, 15) is 22.7 Å². The third-order valence-electron chi connectivity index (χ3n) is 8.34. The zero-order chi connectivity index (χ0) is 27.8. The number of hydrogen-bond donors (Lipinski definition) is 2. The maximum absolute atomic E-state index is 16.3. The summed E-state index contributed by atoms with van der Waals surface area (Å²) < 4.78 is 76.3. The first kappa shape index (κ1) is 25.3. The Hall–Kier alpha value is -3.73. The van der Waals surface area contributed by atoms with Gasteiger partial charge in [-0.1, -0.05) is 30.3 Å². The molecule has 40 heavy (non-hydrogen) atoms. The summed E-state index contributed by atoms with van der Waals surface area (Å²) in [5.41, 5.74) is 0.552. The lowest BCUT2D eigenvalue weighted by Gasteiger charge is -2.43. The summed E-state index contributed by atoms with van der Waals surface area (Å²) in [4.78, 5) is 10.7. The van der Waals surface area contributed by atoms with E-state index >= 15 is 4.39 Å². The number of phenolic OH excluding ortho intramolecular Hbond substituents is 1. The molecule has 2 N–H and O–H groups in total. The fourth-order valence-electron chi connectivity index (χ4n) is 6.21. The van der Waals surface area contributed by atoms with Gasteiger partial charge in [0.2, 0.25) is 0 Å².